The summed E-state index contributed by atoms with van der Waals surface area (Å²) >= 11 is 9.30. The van der Waals surface area contributed by atoms with Crippen LogP contribution in [0, 0.1) is 6.92 Å². The molecule has 1 heterocycles. The Bertz CT molecular complexity index is 770. The van der Waals surface area contributed by atoms with E-state index < -0.39 is 68.3 Å². The van der Waals surface area contributed by atoms with Crippen LogP contribution in [0.25, 0.3) is 0 Å². The second kappa shape index (κ2) is 13.4. The Labute approximate surface area is 208 Å². The van der Waals surface area contributed by atoms with Crippen LogP contribution < -0.4 is 0 Å². The van der Waals surface area contributed by atoms with Gasteiger partial charge in [0, 0.05) is 13.1 Å². The lowest BCUT2D eigenvalue weighted by Crippen LogP contribution is -2.61. The number of rotatable bonds is 11. The molecule has 1 aliphatic rings. The molecule has 0 aliphatic carbocycles. The first-order valence-electron chi connectivity index (χ1n) is 10.6. The first-order chi connectivity index (χ1) is 16.0. The maximum absolute atomic E-state index is 10.7. The molecule has 0 amide bonds. The van der Waals surface area contributed by atoms with Gasteiger partial charge in [0.1, 0.15) is 53.2 Å². The van der Waals surface area contributed by atoms with Gasteiger partial charge in [0.2, 0.25) is 0 Å². The summed E-state index contributed by atoms with van der Waals surface area (Å²) in [7, 11) is 0. The van der Waals surface area contributed by atoms with Gasteiger partial charge in [-0.2, -0.15) is 0 Å². The van der Waals surface area contributed by atoms with E-state index in [-0.39, 0.29) is 17.4 Å². The first kappa shape index (κ1) is 29.3. The van der Waals surface area contributed by atoms with Gasteiger partial charge < -0.3 is 55.2 Å². The maximum atomic E-state index is 10.7. The summed E-state index contributed by atoms with van der Waals surface area (Å²) in [5, 5.41) is 80.3. The number of nitrogens with zero attached hydrogens (tertiary/aromatic N) is 1. The standard InChI is InChI=1S/C21H33NO10S2/c1-10-2-4-11(5-3-10)6-22(21(33)34)7-12(25)15(27)19(13(26)8-23)32-20-18(30)17(29)16(28)14(9-24)31-20/h2-5,12-20,23-30H,6-9H2,1H3,(H,33,34)/t12?,13?,14-,15?,16+,17+,18-,19?,20+/m1/s1. The fraction of sp³-hybridized carbons (Fsp3) is 0.667. The van der Waals surface area contributed by atoms with Crippen LogP contribution >= 0.6 is 24.8 Å². The molecule has 0 aromatic heterocycles. The quantitative estimate of drug-likeness (QED) is 0.108. The van der Waals surface area contributed by atoms with Crippen LogP contribution in [0.5, 0.6) is 0 Å². The van der Waals surface area contributed by atoms with Crippen molar-refractivity contribution in [2.24, 2.45) is 0 Å². The van der Waals surface area contributed by atoms with Gasteiger partial charge in [-0.3, -0.25) is 0 Å². The van der Waals surface area contributed by atoms with Gasteiger partial charge in [-0.15, -0.1) is 12.6 Å². The minimum absolute atomic E-state index is 0.140. The predicted molar refractivity (Wildman–Crippen MR) is 127 cm³/mol. The van der Waals surface area contributed by atoms with Gasteiger partial charge in [0.05, 0.1) is 13.2 Å². The molecule has 194 valence electrons. The van der Waals surface area contributed by atoms with Crippen LogP contribution in [0.3, 0.4) is 0 Å². The maximum Gasteiger partial charge on any atom is 0.187 e. The van der Waals surface area contributed by atoms with Crippen LogP contribution in [0.15, 0.2) is 24.3 Å². The second-order valence-electron chi connectivity index (χ2n) is 8.25. The minimum atomic E-state index is -1.81. The second-order valence-corrected chi connectivity index (χ2v) is 9.37. The van der Waals surface area contributed by atoms with E-state index in [1.807, 2.05) is 31.2 Å². The third kappa shape index (κ3) is 7.53. The molecule has 1 aliphatic heterocycles. The summed E-state index contributed by atoms with van der Waals surface area (Å²) in [4.78, 5) is 1.51. The Kier molecular flexibility index (Phi) is 11.5. The SMILES string of the molecule is Cc1ccc(CN(CC(O)C(O)C(O[C@@H]2O[C@H](CO)[C@H](O)[C@H](O)[C@H]2O)C(O)CO)C(=S)S)cc1. The van der Waals surface area contributed by atoms with Gasteiger partial charge in [-0.1, -0.05) is 42.0 Å². The first-order valence-corrected chi connectivity index (χ1v) is 11.5. The average molecular weight is 524 g/mol. The molecule has 2 rings (SSSR count). The average Bonchev–Trinajstić information content (AvgIpc) is 2.82. The molecule has 1 aromatic rings. The number of benzene rings is 1. The molecular weight excluding hydrogens is 490 g/mol. The van der Waals surface area contributed by atoms with Gasteiger partial charge in [-0.25, -0.2) is 0 Å². The monoisotopic (exact) mass is 523 g/mol. The highest BCUT2D eigenvalue weighted by molar-refractivity contribution is 8.10. The van der Waals surface area contributed by atoms with Crippen molar-refractivity contribution in [1.29, 1.82) is 0 Å². The van der Waals surface area contributed by atoms with Crippen molar-refractivity contribution in [3.63, 3.8) is 0 Å². The van der Waals surface area contributed by atoms with Gasteiger partial charge >= 0.3 is 0 Å². The summed E-state index contributed by atoms with van der Waals surface area (Å²) < 4.78 is 10.8. The smallest absolute Gasteiger partial charge is 0.187 e. The lowest BCUT2D eigenvalue weighted by atomic mass is 9.98. The van der Waals surface area contributed by atoms with Crippen molar-refractivity contribution in [3.05, 3.63) is 35.4 Å². The van der Waals surface area contributed by atoms with E-state index in [4.69, 9.17) is 21.7 Å². The zero-order valence-corrected chi connectivity index (χ0v) is 20.2. The molecule has 0 spiro atoms. The Morgan fingerprint density at radius 1 is 1.06 bits per heavy atom. The zero-order chi connectivity index (χ0) is 25.6. The van der Waals surface area contributed by atoms with Crippen LogP contribution in [0.1, 0.15) is 11.1 Å². The molecule has 8 N–H and O–H groups in total. The molecule has 0 bridgehead atoms. The number of aliphatic hydroxyl groups excluding tert-OH is 8. The fourth-order valence-corrected chi connectivity index (χ4v) is 3.81. The number of aliphatic hydroxyl groups is 8. The van der Waals surface area contributed by atoms with E-state index >= 15 is 0 Å². The van der Waals surface area contributed by atoms with E-state index in [2.05, 4.69) is 12.6 Å². The van der Waals surface area contributed by atoms with Crippen LogP contribution in [0.2, 0.25) is 0 Å². The largest absolute Gasteiger partial charge is 0.394 e. The summed E-state index contributed by atoms with van der Waals surface area (Å²) in [5.74, 6) is 0. The third-order valence-corrected chi connectivity index (χ3v) is 6.15. The summed E-state index contributed by atoms with van der Waals surface area (Å²) in [6.45, 7) is 0.407. The van der Waals surface area contributed by atoms with Crippen molar-refractivity contribution in [1.82, 2.24) is 4.90 Å². The number of hydrogen-bond acceptors (Lipinski definition) is 11. The molecule has 1 aromatic carbocycles. The summed E-state index contributed by atoms with van der Waals surface area (Å²) in [6, 6.07) is 7.56. The van der Waals surface area contributed by atoms with Gasteiger partial charge in [-0.05, 0) is 12.5 Å². The number of aryl methyl sites for hydroxylation is 1. The highest BCUT2D eigenvalue weighted by Gasteiger charge is 2.46. The lowest BCUT2D eigenvalue weighted by molar-refractivity contribution is -0.327. The topological polar surface area (TPSA) is 184 Å². The normalized spacial score (nSPS) is 28.7. The van der Waals surface area contributed by atoms with Crippen LogP contribution in [-0.2, 0) is 16.0 Å². The summed E-state index contributed by atoms with van der Waals surface area (Å²) in [6.07, 6.45) is -15.0. The van der Waals surface area contributed by atoms with Crippen molar-refractivity contribution >= 4 is 29.2 Å². The fourth-order valence-electron chi connectivity index (χ4n) is 3.51. The Morgan fingerprint density at radius 3 is 2.21 bits per heavy atom. The van der Waals surface area contributed by atoms with Crippen molar-refractivity contribution in [2.45, 2.75) is 68.6 Å². The molecule has 0 radical (unpaired) electrons. The lowest BCUT2D eigenvalue weighted by Gasteiger charge is -2.42. The molecule has 0 saturated carbocycles. The molecule has 13 heteroatoms. The third-order valence-electron chi connectivity index (χ3n) is 5.61. The Balaban J connectivity index is 2.13. The number of ether oxygens (including phenoxy) is 2. The number of thiol groups is 1. The highest BCUT2D eigenvalue weighted by Crippen LogP contribution is 2.25. The molecule has 11 nitrogen and oxygen atoms in total. The van der Waals surface area contributed by atoms with E-state index in [0.717, 1.165) is 11.1 Å². The van der Waals surface area contributed by atoms with Crippen LogP contribution in [0.4, 0.5) is 0 Å². The van der Waals surface area contributed by atoms with Crippen molar-refractivity contribution < 1.29 is 50.3 Å². The van der Waals surface area contributed by atoms with E-state index in [0.29, 0.717) is 0 Å². The van der Waals surface area contributed by atoms with Gasteiger partial charge in [0.15, 0.2) is 6.29 Å². The minimum Gasteiger partial charge on any atom is -0.394 e. The Hall–Kier alpha value is -0.940. The highest BCUT2D eigenvalue weighted by atomic mass is 32.1. The number of hydrogen-bond donors (Lipinski definition) is 9. The Morgan fingerprint density at radius 2 is 1.68 bits per heavy atom. The molecular formula is C21H33NO10S2. The van der Waals surface area contributed by atoms with E-state index in [9.17, 15) is 40.9 Å². The van der Waals surface area contributed by atoms with E-state index in [1.165, 1.54) is 4.90 Å². The predicted octanol–water partition coefficient (Wildman–Crippen LogP) is -2.73. The number of thiocarbonyl (C=S) groups is 1. The van der Waals surface area contributed by atoms with Crippen LogP contribution in [-0.4, -0.2) is 125 Å². The zero-order valence-electron chi connectivity index (χ0n) is 18.5. The summed E-state index contributed by atoms with van der Waals surface area (Å²) in [5.41, 5.74) is 1.93. The van der Waals surface area contributed by atoms with E-state index in [1.54, 1.807) is 0 Å². The van der Waals surface area contributed by atoms with Gasteiger partial charge in [0.25, 0.3) is 0 Å². The molecule has 4 unspecified atom stereocenters. The molecule has 9 atom stereocenters. The van der Waals surface area contributed by atoms with Crippen molar-refractivity contribution in [3.8, 4) is 0 Å². The molecule has 1 saturated heterocycles. The van der Waals surface area contributed by atoms with Crippen molar-refractivity contribution in [2.75, 3.05) is 19.8 Å². The molecule has 1 fully saturated rings. The molecule has 34 heavy (non-hydrogen) atoms.